The Balaban J connectivity index is 1.97. The third-order valence-corrected chi connectivity index (χ3v) is 5.05. The van der Waals surface area contributed by atoms with E-state index in [0.29, 0.717) is 5.02 Å². The molecule has 27 heavy (non-hydrogen) atoms. The molecule has 0 aliphatic heterocycles. The maximum atomic E-state index is 12.1. The number of hydrogen-bond acceptors (Lipinski definition) is 4. The number of nitrogens with one attached hydrogen (secondary N) is 1. The zero-order valence-corrected chi connectivity index (χ0v) is 17.3. The largest absolute Gasteiger partial charge is 0.455 e. The van der Waals surface area contributed by atoms with E-state index in [4.69, 9.17) is 16.3 Å². The van der Waals surface area contributed by atoms with Crippen LogP contribution >= 0.6 is 23.4 Å². The molecule has 0 bridgehead atoms. The summed E-state index contributed by atoms with van der Waals surface area (Å²) in [7, 11) is 0. The Morgan fingerprint density at radius 2 is 1.63 bits per heavy atom. The molecule has 0 heterocycles. The topological polar surface area (TPSA) is 55.4 Å². The van der Waals surface area contributed by atoms with E-state index in [-0.39, 0.29) is 29.1 Å². The smallest absolute Gasteiger partial charge is 0.316 e. The van der Waals surface area contributed by atoms with Gasteiger partial charge in [-0.3, -0.25) is 9.59 Å². The van der Waals surface area contributed by atoms with Gasteiger partial charge >= 0.3 is 5.97 Å². The predicted molar refractivity (Wildman–Crippen MR) is 111 cm³/mol. The minimum atomic E-state index is -0.418. The summed E-state index contributed by atoms with van der Waals surface area (Å²) < 4.78 is 5.10. The lowest BCUT2D eigenvalue weighted by molar-refractivity contribution is -0.146. The quantitative estimate of drug-likeness (QED) is 0.683. The molecule has 2 rings (SSSR count). The molecule has 1 N–H and O–H groups in total. The molecule has 4 nitrogen and oxygen atoms in total. The van der Waals surface area contributed by atoms with Gasteiger partial charge < -0.3 is 10.1 Å². The van der Waals surface area contributed by atoms with Gasteiger partial charge in [-0.05, 0) is 44.0 Å². The molecule has 0 fully saturated rings. The molecule has 0 unspecified atom stereocenters. The molecule has 0 saturated heterocycles. The Labute approximate surface area is 169 Å². The van der Waals surface area contributed by atoms with Gasteiger partial charge in [0.25, 0.3) is 5.91 Å². The predicted octanol–water partition coefficient (Wildman–Crippen LogP) is 4.62. The molecule has 144 valence electrons. The second-order valence-electron chi connectivity index (χ2n) is 7.11. The Bertz CT molecular complexity index is 757. The van der Waals surface area contributed by atoms with Crippen molar-refractivity contribution in [2.45, 2.75) is 31.6 Å². The van der Waals surface area contributed by atoms with E-state index in [0.717, 1.165) is 11.1 Å². The summed E-state index contributed by atoms with van der Waals surface area (Å²) in [6.07, 6.45) is 0. The van der Waals surface area contributed by atoms with Crippen molar-refractivity contribution in [3.8, 4) is 0 Å². The van der Waals surface area contributed by atoms with E-state index >= 15 is 0 Å². The highest BCUT2D eigenvalue weighted by Gasteiger charge is 2.19. The van der Waals surface area contributed by atoms with Crippen LogP contribution in [-0.2, 0) is 14.3 Å². The number of ether oxygens (including phenoxy) is 1. The first-order valence-electron chi connectivity index (χ1n) is 8.63. The summed E-state index contributed by atoms with van der Waals surface area (Å²) in [6, 6.07) is 17.5. The van der Waals surface area contributed by atoms with E-state index in [1.807, 2.05) is 75.4 Å². The van der Waals surface area contributed by atoms with Crippen molar-refractivity contribution in [1.29, 1.82) is 0 Å². The van der Waals surface area contributed by atoms with Gasteiger partial charge in [-0.15, -0.1) is 11.8 Å². The molecular formula is C21H24ClNO3S. The number of hydrogen-bond donors (Lipinski definition) is 1. The number of amides is 1. The average molecular weight is 406 g/mol. The van der Waals surface area contributed by atoms with E-state index in [1.54, 1.807) is 0 Å². The van der Waals surface area contributed by atoms with Crippen LogP contribution in [0.25, 0.3) is 0 Å². The second kappa shape index (κ2) is 9.81. The Morgan fingerprint density at radius 3 is 2.22 bits per heavy atom. The third kappa shape index (κ3) is 7.65. The summed E-state index contributed by atoms with van der Waals surface area (Å²) in [6.45, 7) is 5.35. The van der Waals surface area contributed by atoms with E-state index in [1.165, 1.54) is 11.8 Å². The highest BCUT2D eigenvalue weighted by molar-refractivity contribution is 8.00. The first-order valence-corrected chi connectivity index (χ1v) is 10.1. The van der Waals surface area contributed by atoms with E-state index in [2.05, 4.69) is 5.32 Å². The molecule has 6 heteroatoms. The minimum Gasteiger partial charge on any atom is -0.455 e. The SMILES string of the molecule is CC(C)(C)NC(=O)COC(=O)CS[C@@H](c1ccccc1)c1ccc(Cl)cc1. The molecule has 0 saturated carbocycles. The maximum absolute atomic E-state index is 12.1. The van der Waals surface area contributed by atoms with Crippen molar-refractivity contribution in [2.75, 3.05) is 12.4 Å². The lowest BCUT2D eigenvalue weighted by atomic mass is 10.0. The second-order valence-corrected chi connectivity index (χ2v) is 8.64. The molecular weight excluding hydrogens is 382 g/mol. The monoisotopic (exact) mass is 405 g/mol. The van der Waals surface area contributed by atoms with Gasteiger partial charge in [0, 0.05) is 10.6 Å². The summed E-state index contributed by atoms with van der Waals surface area (Å²) in [4.78, 5) is 23.9. The van der Waals surface area contributed by atoms with Crippen molar-refractivity contribution in [3.05, 3.63) is 70.7 Å². The number of carbonyl (C=O) groups excluding carboxylic acids is 2. The van der Waals surface area contributed by atoms with Crippen LogP contribution in [0.1, 0.15) is 37.1 Å². The van der Waals surface area contributed by atoms with Crippen LogP contribution in [-0.4, -0.2) is 29.8 Å². The molecule has 0 spiro atoms. The van der Waals surface area contributed by atoms with Gasteiger partial charge in [-0.1, -0.05) is 54.1 Å². The van der Waals surface area contributed by atoms with Gasteiger partial charge in [0.05, 0.1) is 11.0 Å². The highest BCUT2D eigenvalue weighted by Crippen LogP contribution is 2.36. The van der Waals surface area contributed by atoms with Crippen LogP contribution in [0, 0.1) is 0 Å². The van der Waals surface area contributed by atoms with Gasteiger partial charge in [-0.2, -0.15) is 0 Å². The minimum absolute atomic E-state index is 0.0283. The maximum Gasteiger partial charge on any atom is 0.316 e. The number of thioether (sulfide) groups is 1. The van der Waals surface area contributed by atoms with Crippen molar-refractivity contribution < 1.29 is 14.3 Å². The van der Waals surface area contributed by atoms with Crippen LogP contribution in [0.4, 0.5) is 0 Å². The Morgan fingerprint density at radius 1 is 1.04 bits per heavy atom. The fourth-order valence-corrected chi connectivity index (χ4v) is 3.65. The number of halogens is 1. The number of rotatable bonds is 7. The molecule has 1 atom stereocenters. The summed E-state index contributed by atoms with van der Waals surface area (Å²) in [5.74, 6) is -0.581. The molecule has 0 aliphatic carbocycles. The molecule has 0 radical (unpaired) electrons. The third-order valence-electron chi connectivity index (χ3n) is 3.52. The zero-order valence-electron chi connectivity index (χ0n) is 15.7. The number of carbonyl (C=O) groups is 2. The Hall–Kier alpha value is -1.98. The van der Waals surface area contributed by atoms with Crippen LogP contribution in [0.3, 0.4) is 0 Å². The lowest BCUT2D eigenvalue weighted by Gasteiger charge is -2.20. The van der Waals surface area contributed by atoms with Gasteiger partial charge in [-0.25, -0.2) is 0 Å². The van der Waals surface area contributed by atoms with Gasteiger partial charge in [0.2, 0.25) is 0 Å². The fourth-order valence-electron chi connectivity index (χ4n) is 2.44. The summed E-state index contributed by atoms with van der Waals surface area (Å²) in [5, 5.41) is 3.40. The molecule has 2 aromatic rings. The highest BCUT2D eigenvalue weighted by atomic mass is 35.5. The molecule has 0 aromatic heterocycles. The van der Waals surface area contributed by atoms with Crippen molar-refractivity contribution in [3.63, 3.8) is 0 Å². The van der Waals surface area contributed by atoms with E-state index < -0.39 is 5.97 Å². The summed E-state index contributed by atoms with van der Waals surface area (Å²) >= 11 is 7.44. The fraction of sp³-hybridized carbons (Fsp3) is 0.333. The van der Waals surface area contributed by atoms with Crippen molar-refractivity contribution in [1.82, 2.24) is 5.32 Å². The standard InChI is InChI=1S/C21H24ClNO3S/c1-21(2,3)23-18(24)13-26-19(25)14-27-20(15-7-5-4-6-8-15)16-9-11-17(22)12-10-16/h4-12,20H,13-14H2,1-3H3,(H,23,24)/t20-/m0/s1. The molecule has 1 amide bonds. The summed E-state index contributed by atoms with van der Waals surface area (Å²) in [5.41, 5.74) is 1.78. The molecule has 2 aromatic carbocycles. The van der Waals surface area contributed by atoms with Crippen LogP contribution in [0.5, 0.6) is 0 Å². The van der Waals surface area contributed by atoms with Crippen molar-refractivity contribution in [2.24, 2.45) is 0 Å². The van der Waals surface area contributed by atoms with Crippen LogP contribution in [0.15, 0.2) is 54.6 Å². The van der Waals surface area contributed by atoms with E-state index in [9.17, 15) is 9.59 Å². The number of benzene rings is 2. The number of esters is 1. The van der Waals surface area contributed by atoms with Gasteiger partial charge in [0.1, 0.15) is 0 Å². The Kier molecular flexibility index (Phi) is 7.75. The zero-order chi connectivity index (χ0) is 19.9. The first kappa shape index (κ1) is 21.3. The van der Waals surface area contributed by atoms with Crippen molar-refractivity contribution >= 4 is 35.2 Å². The first-order chi connectivity index (χ1) is 12.7. The average Bonchev–Trinajstić information content (AvgIpc) is 2.61. The molecule has 0 aliphatic rings. The normalized spacial score (nSPS) is 12.3. The lowest BCUT2D eigenvalue weighted by Crippen LogP contribution is -2.42. The van der Waals surface area contributed by atoms with Gasteiger partial charge in [0.15, 0.2) is 6.61 Å². The van der Waals surface area contributed by atoms with Crippen LogP contribution in [0.2, 0.25) is 5.02 Å². The van der Waals surface area contributed by atoms with Crippen LogP contribution < -0.4 is 5.32 Å².